The third kappa shape index (κ3) is 6.08. The topological polar surface area (TPSA) is 105 Å². The summed E-state index contributed by atoms with van der Waals surface area (Å²) < 4.78 is 22.0. The van der Waals surface area contributed by atoms with Gasteiger partial charge in [-0.2, -0.15) is 20.1 Å². The largest absolute Gasteiger partial charge is 0.491 e. The minimum atomic E-state index is -0.671. The lowest BCUT2D eigenvalue weighted by Gasteiger charge is -2.40. The zero-order valence-corrected chi connectivity index (χ0v) is 26.1. The Morgan fingerprint density at radius 3 is 2.13 bits per heavy atom. The predicted octanol–water partition coefficient (Wildman–Crippen LogP) is 3.91. The maximum absolute atomic E-state index is 12.8. The number of hydrogen-bond acceptors (Lipinski definition) is 9. The molecule has 2 saturated heterocycles. The highest BCUT2D eigenvalue weighted by Crippen LogP contribution is 2.43. The molecule has 0 N–H and O–H groups in total. The Hall–Kier alpha value is -4.16. The van der Waals surface area contributed by atoms with Crippen molar-refractivity contribution < 1.29 is 14.2 Å². The molecule has 3 unspecified atom stereocenters. The monoisotopic (exact) mass is 614 g/mol. The fourth-order valence-corrected chi connectivity index (χ4v) is 6.42. The summed E-state index contributed by atoms with van der Waals surface area (Å²) in [6.45, 7) is 9.18. The Labute approximate surface area is 263 Å². The SMILES string of the molecule is CCC(C)n1ncn(-c2ccc(N3CCN(c4ccc(OCC5COC(Cn6nccn6)(C6CCC6)O5)cc4)CC3)cc2)c1=O. The quantitative estimate of drug-likeness (QED) is 0.249. The van der Waals surface area contributed by atoms with E-state index < -0.39 is 5.79 Å². The zero-order chi connectivity index (χ0) is 30.8. The lowest BCUT2D eigenvalue weighted by Crippen LogP contribution is -2.47. The summed E-state index contributed by atoms with van der Waals surface area (Å²) in [5.74, 6) is 0.518. The molecule has 12 nitrogen and oxygen atoms in total. The molecule has 1 aliphatic carbocycles. The van der Waals surface area contributed by atoms with Crippen molar-refractivity contribution in [3.63, 3.8) is 0 Å². The van der Waals surface area contributed by atoms with Gasteiger partial charge in [0.25, 0.3) is 0 Å². The van der Waals surface area contributed by atoms with Crippen molar-refractivity contribution in [2.45, 2.75) is 64.0 Å². The van der Waals surface area contributed by atoms with E-state index in [1.165, 1.54) is 12.1 Å². The van der Waals surface area contributed by atoms with Gasteiger partial charge in [-0.05, 0) is 74.7 Å². The first-order valence-corrected chi connectivity index (χ1v) is 16.2. The fourth-order valence-electron chi connectivity index (χ4n) is 6.42. The van der Waals surface area contributed by atoms with E-state index in [9.17, 15) is 4.79 Å². The number of benzene rings is 2. The van der Waals surface area contributed by atoms with Crippen molar-refractivity contribution in [2.75, 3.05) is 49.2 Å². The second-order valence-electron chi connectivity index (χ2n) is 12.3. The van der Waals surface area contributed by atoms with Crippen LogP contribution in [0.5, 0.6) is 5.75 Å². The summed E-state index contributed by atoms with van der Waals surface area (Å²) in [4.78, 5) is 19.2. The number of piperazine rings is 1. The third-order valence-electron chi connectivity index (χ3n) is 9.55. The molecule has 4 heterocycles. The van der Waals surface area contributed by atoms with Crippen LogP contribution in [0, 0.1) is 5.92 Å². The van der Waals surface area contributed by atoms with Crippen molar-refractivity contribution in [1.29, 1.82) is 0 Å². The highest BCUT2D eigenvalue weighted by Gasteiger charge is 2.51. The van der Waals surface area contributed by atoms with Gasteiger partial charge in [-0.25, -0.2) is 14.0 Å². The molecular formula is C33H42N8O4. The van der Waals surface area contributed by atoms with Crippen LogP contribution in [-0.4, -0.2) is 80.6 Å². The number of nitrogens with zero attached hydrogens (tertiary/aromatic N) is 8. The van der Waals surface area contributed by atoms with Gasteiger partial charge >= 0.3 is 5.69 Å². The molecule has 3 fully saturated rings. The van der Waals surface area contributed by atoms with Gasteiger partial charge < -0.3 is 24.0 Å². The summed E-state index contributed by atoms with van der Waals surface area (Å²) in [6, 6.07) is 16.6. The third-order valence-corrected chi connectivity index (χ3v) is 9.55. The Kier molecular flexibility index (Phi) is 8.33. The highest BCUT2D eigenvalue weighted by atomic mass is 16.8. The molecule has 2 aromatic heterocycles. The van der Waals surface area contributed by atoms with Gasteiger partial charge in [-0.1, -0.05) is 13.3 Å². The highest BCUT2D eigenvalue weighted by molar-refractivity contribution is 5.54. The van der Waals surface area contributed by atoms with Crippen molar-refractivity contribution >= 4 is 11.4 Å². The number of rotatable bonds is 11. The van der Waals surface area contributed by atoms with E-state index in [1.807, 2.05) is 31.2 Å². The summed E-state index contributed by atoms with van der Waals surface area (Å²) in [5.41, 5.74) is 3.07. The fraction of sp³-hybridized carbons (Fsp3) is 0.515. The van der Waals surface area contributed by atoms with E-state index in [1.54, 1.807) is 32.8 Å². The van der Waals surface area contributed by atoms with Crippen molar-refractivity contribution in [3.8, 4) is 11.4 Å². The summed E-state index contributed by atoms with van der Waals surface area (Å²) in [6.07, 6.45) is 9.12. The molecule has 3 aliphatic rings. The van der Waals surface area contributed by atoms with Crippen molar-refractivity contribution in [1.82, 2.24) is 29.3 Å². The Morgan fingerprint density at radius 1 is 0.911 bits per heavy atom. The van der Waals surface area contributed by atoms with Crippen molar-refractivity contribution in [2.24, 2.45) is 5.92 Å². The summed E-state index contributed by atoms with van der Waals surface area (Å²) in [7, 11) is 0. The average molecular weight is 615 g/mol. The molecule has 2 aromatic carbocycles. The molecule has 0 radical (unpaired) electrons. The molecule has 238 valence electrons. The molecule has 45 heavy (non-hydrogen) atoms. The van der Waals surface area contributed by atoms with E-state index in [0.29, 0.717) is 25.7 Å². The van der Waals surface area contributed by atoms with Gasteiger partial charge in [-0.3, -0.25) is 0 Å². The van der Waals surface area contributed by atoms with Crippen LogP contribution in [0.3, 0.4) is 0 Å². The van der Waals surface area contributed by atoms with E-state index >= 15 is 0 Å². The van der Waals surface area contributed by atoms with Crippen LogP contribution < -0.4 is 20.2 Å². The van der Waals surface area contributed by atoms with Gasteiger partial charge in [0.1, 0.15) is 31.3 Å². The maximum atomic E-state index is 12.8. The minimum Gasteiger partial charge on any atom is -0.491 e. The van der Waals surface area contributed by atoms with E-state index in [-0.39, 0.29) is 17.8 Å². The molecule has 0 bridgehead atoms. The number of aromatic nitrogens is 6. The normalized spacial score (nSPS) is 22.8. The van der Waals surface area contributed by atoms with Crippen LogP contribution in [0.1, 0.15) is 45.6 Å². The standard InChI is InChI=1S/C33H42N8O4/c1-3-25(2)41-32(42)39(24-36-41)29-9-7-27(8-10-29)37-17-19-38(20-18-37)28-11-13-30(14-12-28)43-21-31-22-44-33(45-31,26-5-4-6-26)23-40-34-15-16-35-40/h7-16,24-26,31H,3-6,17-23H2,1-2H3. The Balaban J connectivity index is 0.897. The average Bonchev–Trinajstić information content (AvgIpc) is 3.80. The summed E-state index contributed by atoms with van der Waals surface area (Å²) >= 11 is 0. The van der Waals surface area contributed by atoms with Crippen molar-refractivity contribution in [3.05, 3.63) is 77.7 Å². The minimum absolute atomic E-state index is 0.0778. The number of anilines is 2. The second kappa shape index (κ2) is 12.7. The first-order chi connectivity index (χ1) is 22.0. The zero-order valence-electron chi connectivity index (χ0n) is 26.1. The lowest BCUT2D eigenvalue weighted by molar-refractivity contribution is -0.233. The van der Waals surface area contributed by atoms with E-state index in [4.69, 9.17) is 14.2 Å². The molecule has 0 amide bonds. The molecule has 7 rings (SSSR count). The Morgan fingerprint density at radius 2 is 1.53 bits per heavy atom. The van der Waals surface area contributed by atoms with Crippen LogP contribution in [0.2, 0.25) is 0 Å². The molecule has 2 aliphatic heterocycles. The van der Waals surface area contributed by atoms with Crippen LogP contribution in [0.15, 0.2) is 72.0 Å². The van der Waals surface area contributed by atoms with Crippen LogP contribution in [0.25, 0.3) is 5.69 Å². The Bertz CT molecular complexity index is 1590. The number of ether oxygens (including phenoxy) is 3. The van der Waals surface area contributed by atoms with Gasteiger partial charge in [0, 0.05) is 43.5 Å². The van der Waals surface area contributed by atoms with Gasteiger partial charge in [0.15, 0.2) is 5.79 Å². The second-order valence-corrected chi connectivity index (χ2v) is 12.3. The number of hydrogen-bond donors (Lipinski definition) is 0. The molecule has 3 atom stereocenters. The molecule has 12 heteroatoms. The van der Waals surface area contributed by atoms with E-state index in [0.717, 1.165) is 62.6 Å². The van der Waals surface area contributed by atoms with Gasteiger partial charge in [0.2, 0.25) is 0 Å². The van der Waals surface area contributed by atoms with Crippen LogP contribution in [0.4, 0.5) is 11.4 Å². The van der Waals surface area contributed by atoms with E-state index in [2.05, 4.69) is 56.3 Å². The smallest absolute Gasteiger partial charge is 0.350 e. The van der Waals surface area contributed by atoms with Crippen LogP contribution >= 0.6 is 0 Å². The first kappa shape index (κ1) is 29.5. The van der Waals surface area contributed by atoms with Gasteiger partial charge in [-0.15, -0.1) is 0 Å². The first-order valence-electron chi connectivity index (χ1n) is 16.2. The molecule has 0 spiro atoms. The van der Waals surface area contributed by atoms with Gasteiger partial charge in [0.05, 0.1) is 30.7 Å². The molecule has 1 saturated carbocycles. The lowest BCUT2D eigenvalue weighted by atomic mass is 9.78. The van der Waals surface area contributed by atoms with Crippen LogP contribution in [-0.2, 0) is 16.0 Å². The molecule has 4 aromatic rings. The summed E-state index contributed by atoms with van der Waals surface area (Å²) in [5, 5.41) is 12.8. The molecular weight excluding hydrogens is 572 g/mol. The maximum Gasteiger partial charge on any atom is 0.350 e. The predicted molar refractivity (Wildman–Crippen MR) is 170 cm³/mol.